The summed E-state index contributed by atoms with van der Waals surface area (Å²) in [5.74, 6) is 1.49. The lowest BCUT2D eigenvalue weighted by Gasteiger charge is -2.05. The van der Waals surface area contributed by atoms with E-state index in [-0.39, 0.29) is 0 Å². The second-order valence-corrected chi connectivity index (χ2v) is 7.95. The molecular weight excluding hydrogens is 370 g/mol. The zero-order chi connectivity index (χ0) is 19.1. The van der Waals surface area contributed by atoms with Crippen molar-refractivity contribution in [2.45, 2.75) is 25.2 Å². The quantitative estimate of drug-likeness (QED) is 0.529. The first kappa shape index (κ1) is 17.0. The van der Waals surface area contributed by atoms with Gasteiger partial charge in [-0.1, -0.05) is 17.4 Å². The number of pyridine rings is 1. The van der Waals surface area contributed by atoms with E-state index in [0.29, 0.717) is 12.3 Å². The standard InChI is InChI=1S/C20H19N7S/c1-22-10-16(9-21)15-8-14-6-12(2-5-17(14)23-11-15)7-18-24-25-20-27(18)26-19(28-20)13-3-4-13/h2,5-6,8-11,13H,3-4,7,21H2,1H3/b16-9+,22-10?. The van der Waals surface area contributed by atoms with Gasteiger partial charge >= 0.3 is 0 Å². The zero-order valence-electron chi connectivity index (χ0n) is 15.4. The fourth-order valence-corrected chi connectivity index (χ4v) is 4.29. The van der Waals surface area contributed by atoms with Gasteiger partial charge in [-0.25, -0.2) is 0 Å². The van der Waals surface area contributed by atoms with E-state index in [0.717, 1.165) is 38.4 Å². The van der Waals surface area contributed by atoms with Crippen molar-refractivity contribution in [3.63, 3.8) is 0 Å². The van der Waals surface area contributed by atoms with Crippen LogP contribution in [0.25, 0.3) is 21.4 Å². The minimum absolute atomic E-state index is 0.626. The summed E-state index contributed by atoms with van der Waals surface area (Å²) in [4.78, 5) is 9.47. The van der Waals surface area contributed by atoms with Gasteiger partial charge in [-0.05, 0) is 36.6 Å². The van der Waals surface area contributed by atoms with E-state index in [9.17, 15) is 0 Å². The number of hydrogen-bond donors (Lipinski definition) is 1. The zero-order valence-corrected chi connectivity index (χ0v) is 16.2. The van der Waals surface area contributed by atoms with Gasteiger partial charge in [-0.15, -0.1) is 10.2 Å². The molecule has 28 heavy (non-hydrogen) atoms. The third-order valence-electron chi connectivity index (χ3n) is 4.89. The first-order valence-corrected chi connectivity index (χ1v) is 10.0. The summed E-state index contributed by atoms with van der Waals surface area (Å²) in [7, 11) is 1.72. The molecule has 0 aliphatic heterocycles. The average molecular weight is 389 g/mol. The minimum atomic E-state index is 0.626. The van der Waals surface area contributed by atoms with Crippen LogP contribution >= 0.6 is 11.3 Å². The Bertz CT molecular complexity index is 1230. The molecule has 2 N–H and O–H groups in total. The number of aliphatic imine (C=N–C) groups is 1. The second kappa shape index (κ2) is 6.79. The molecule has 3 aromatic heterocycles. The van der Waals surface area contributed by atoms with Gasteiger partial charge in [0.05, 0.1) is 5.52 Å². The van der Waals surface area contributed by atoms with Crippen LogP contribution in [0, 0.1) is 0 Å². The van der Waals surface area contributed by atoms with Crippen LogP contribution in [-0.2, 0) is 6.42 Å². The number of hydrogen-bond acceptors (Lipinski definition) is 7. The van der Waals surface area contributed by atoms with Crippen LogP contribution in [0.15, 0.2) is 41.7 Å². The highest BCUT2D eigenvalue weighted by atomic mass is 32.1. The molecule has 1 aliphatic carbocycles. The Balaban J connectivity index is 1.49. The van der Waals surface area contributed by atoms with Gasteiger partial charge in [-0.3, -0.25) is 9.98 Å². The smallest absolute Gasteiger partial charge is 0.234 e. The van der Waals surface area contributed by atoms with Crippen LogP contribution in [0.3, 0.4) is 0 Å². The Kier molecular flexibility index (Phi) is 4.12. The Hall–Kier alpha value is -3.13. The highest BCUT2D eigenvalue weighted by Gasteiger charge is 2.28. The molecule has 8 heteroatoms. The number of nitrogens with two attached hydrogens (primary N) is 1. The van der Waals surface area contributed by atoms with Crippen LogP contribution in [0.1, 0.15) is 40.7 Å². The van der Waals surface area contributed by atoms with Crippen molar-refractivity contribution in [3.8, 4) is 0 Å². The Morgan fingerprint density at radius 1 is 1.32 bits per heavy atom. The summed E-state index contributed by atoms with van der Waals surface area (Å²) in [6.07, 6.45) is 8.25. The Morgan fingerprint density at radius 2 is 2.21 bits per heavy atom. The number of nitrogens with zero attached hydrogens (tertiary/aromatic N) is 6. The molecule has 1 aromatic carbocycles. The summed E-state index contributed by atoms with van der Waals surface area (Å²) >= 11 is 1.65. The number of allylic oxidation sites excluding steroid dienone is 1. The minimum Gasteiger partial charge on any atom is -0.404 e. The van der Waals surface area contributed by atoms with Crippen molar-refractivity contribution >= 4 is 39.0 Å². The molecule has 140 valence electrons. The van der Waals surface area contributed by atoms with Crippen molar-refractivity contribution < 1.29 is 0 Å². The maximum Gasteiger partial charge on any atom is 0.234 e. The lowest BCUT2D eigenvalue weighted by molar-refractivity contribution is 0.824. The normalized spacial score (nSPS) is 15.2. The molecular formula is C20H19N7S. The molecule has 4 aromatic rings. The molecule has 0 radical (unpaired) electrons. The summed E-state index contributed by atoms with van der Waals surface area (Å²) in [6.45, 7) is 0. The fraction of sp³-hybridized carbons (Fsp3) is 0.250. The summed E-state index contributed by atoms with van der Waals surface area (Å²) in [5.41, 5.74) is 9.60. The summed E-state index contributed by atoms with van der Waals surface area (Å²) < 4.78 is 1.89. The second-order valence-electron chi connectivity index (χ2n) is 6.96. The predicted molar refractivity (Wildman–Crippen MR) is 112 cm³/mol. The highest BCUT2D eigenvalue weighted by Crippen LogP contribution is 2.41. The molecule has 0 spiro atoms. The van der Waals surface area contributed by atoms with Gasteiger partial charge in [0.1, 0.15) is 5.01 Å². The summed E-state index contributed by atoms with van der Waals surface area (Å²) in [6, 6.07) is 8.33. The molecule has 0 saturated heterocycles. The molecule has 5 rings (SSSR count). The van der Waals surface area contributed by atoms with E-state index >= 15 is 0 Å². The van der Waals surface area contributed by atoms with E-state index < -0.39 is 0 Å². The molecule has 1 aliphatic rings. The Morgan fingerprint density at radius 3 is 3.00 bits per heavy atom. The lowest BCUT2D eigenvalue weighted by Crippen LogP contribution is -1.99. The largest absolute Gasteiger partial charge is 0.404 e. The third kappa shape index (κ3) is 3.05. The molecule has 0 bridgehead atoms. The molecule has 3 heterocycles. The van der Waals surface area contributed by atoms with Crippen molar-refractivity contribution in [1.82, 2.24) is 24.8 Å². The van der Waals surface area contributed by atoms with E-state index in [1.165, 1.54) is 17.8 Å². The van der Waals surface area contributed by atoms with E-state index in [1.54, 1.807) is 30.8 Å². The maximum absolute atomic E-state index is 5.73. The van der Waals surface area contributed by atoms with Crippen LogP contribution < -0.4 is 5.73 Å². The number of rotatable bonds is 5. The summed E-state index contributed by atoms with van der Waals surface area (Å²) in [5, 5.41) is 15.6. The first-order valence-electron chi connectivity index (χ1n) is 9.19. The van der Waals surface area contributed by atoms with Gasteiger partial charge in [0.25, 0.3) is 0 Å². The van der Waals surface area contributed by atoms with Gasteiger partial charge in [0, 0.05) is 54.5 Å². The van der Waals surface area contributed by atoms with Crippen LogP contribution in [0.2, 0.25) is 0 Å². The van der Waals surface area contributed by atoms with Crippen molar-refractivity contribution in [1.29, 1.82) is 0 Å². The molecule has 0 amide bonds. The predicted octanol–water partition coefficient (Wildman–Crippen LogP) is 3.20. The van der Waals surface area contributed by atoms with E-state index in [1.807, 2.05) is 16.8 Å². The van der Waals surface area contributed by atoms with Crippen LogP contribution in [0.4, 0.5) is 0 Å². The lowest BCUT2D eigenvalue weighted by atomic mass is 10.0. The molecule has 1 saturated carbocycles. The van der Waals surface area contributed by atoms with Gasteiger partial charge in [-0.2, -0.15) is 9.61 Å². The first-order chi connectivity index (χ1) is 13.7. The monoisotopic (exact) mass is 389 g/mol. The van der Waals surface area contributed by atoms with Crippen molar-refractivity contribution in [3.05, 3.63) is 58.6 Å². The fourth-order valence-electron chi connectivity index (χ4n) is 3.26. The molecule has 7 nitrogen and oxygen atoms in total. The van der Waals surface area contributed by atoms with E-state index in [4.69, 9.17) is 10.8 Å². The number of benzene rings is 1. The third-order valence-corrected chi connectivity index (χ3v) is 5.95. The average Bonchev–Trinajstić information content (AvgIpc) is 3.38. The van der Waals surface area contributed by atoms with Gasteiger partial charge < -0.3 is 5.73 Å². The van der Waals surface area contributed by atoms with Crippen molar-refractivity contribution in [2.24, 2.45) is 10.7 Å². The number of fused-ring (bicyclic) bond motifs is 2. The maximum atomic E-state index is 5.73. The SMILES string of the molecule is CN=C/C(=C\N)c1cnc2ccc(Cc3nnc4sc(C5CC5)nn34)cc2c1. The molecule has 0 atom stereocenters. The van der Waals surface area contributed by atoms with Crippen LogP contribution in [-0.4, -0.2) is 38.1 Å². The van der Waals surface area contributed by atoms with Gasteiger partial charge in [0.15, 0.2) is 5.82 Å². The van der Waals surface area contributed by atoms with Crippen LogP contribution in [0.5, 0.6) is 0 Å². The Labute approximate surface area is 165 Å². The molecule has 1 fully saturated rings. The highest BCUT2D eigenvalue weighted by molar-refractivity contribution is 7.16. The van der Waals surface area contributed by atoms with Crippen molar-refractivity contribution in [2.75, 3.05) is 7.05 Å². The topological polar surface area (TPSA) is 94.3 Å². The molecule has 0 unspecified atom stereocenters. The van der Waals surface area contributed by atoms with E-state index in [2.05, 4.69) is 38.4 Å². The van der Waals surface area contributed by atoms with Gasteiger partial charge in [0.2, 0.25) is 4.96 Å². The number of aromatic nitrogens is 5.